The Kier molecular flexibility index (Phi) is 6.48. The van der Waals surface area contributed by atoms with E-state index < -0.39 is 0 Å². The second-order valence-corrected chi connectivity index (χ2v) is 9.62. The van der Waals surface area contributed by atoms with E-state index in [2.05, 4.69) is 41.2 Å². The number of piperidine rings is 1. The number of carbonyl (C=O) groups excluding carboxylic acids is 1. The van der Waals surface area contributed by atoms with Crippen LogP contribution >= 0.6 is 11.3 Å². The third-order valence-electron chi connectivity index (χ3n) is 6.29. The third-order valence-corrected chi connectivity index (χ3v) is 7.15. The Labute approximate surface area is 178 Å². The highest BCUT2D eigenvalue weighted by molar-refractivity contribution is 7.09. The Bertz CT molecular complexity index is 814. The van der Waals surface area contributed by atoms with Crippen molar-refractivity contribution in [3.05, 3.63) is 39.8 Å². The molecule has 0 aromatic carbocycles. The minimum absolute atomic E-state index is 0.0549. The zero-order valence-corrected chi connectivity index (χ0v) is 18.5. The van der Waals surface area contributed by atoms with E-state index in [9.17, 15) is 4.79 Å². The van der Waals surface area contributed by atoms with Crippen molar-refractivity contribution in [3.63, 3.8) is 0 Å². The lowest BCUT2D eigenvalue weighted by Crippen LogP contribution is -2.39. The number of aryl methyl sites for hydroxylation is 1. The van der Waals surface area contributed by atoms with Gasteiger partial charge in [0.1, 0.15) is 0 Å². The second-order valence-electron chi connectivity index (χ2n) is 8.59. The number of hydrogen-bond acceptors (Lipinski definition) is 5. The highest BCUT2D eigenvalue weighted by Crippen LogP contribution is 2.28. The number of carbonyl (C=O) groups is 1. The maximum Gasteiger partial charge on any atom is 0.226 e. The molecule has 5 nitrogen and oxygen atoms in total. The van der Waals surface area contributed by atoms with E-state index in [0.29, 0.717) is 5.91 Å². The number of rotatable bonds is 6. The summed E-state index contributed by atoms with van der Waals surface area (Å²) in [5.74, 6) is 2.03. The molecule has 0 N–H and O–H groups in total. The molecular formula is C23H32N4OS. The molecule has 156 valence electrons. The van der Waals surface area contributed by atoms with Crippen LogP contribution < -0.4 is 4.90 Å². The first kappa shape index (κ1) is 20.3. The summed E-state index contributed by atoms with van der Waals surface area (Å²) in [4.78, 5) is 28.4. The number of fused-ring (bicyclic) bond motifs is 1. The minimum Gasteiger partial charge on any atom is -0.341 e. The first-order valence-corrected chi connectivity index (χ1v) is 11.9. The zero-order valence-electron chi connectivity index (χ0n) is 17.6. The summed E-state index contributed by atoms with van der Waals surface area (Å²) in [6.07, 6.45) is 7.95. The molecular weight excluding hydrogens is 380 g/mol. The molecule has 6 heteroatoms. The fraction of sp³-hybridized carbons (Fsp3) is 0.609. The molecule has 29 heavy (non-hydrogen) atoms. The molecule has 0 saturated carbocycles. The highest BCUT2D eigenvalue weighted by atomic mass is 32.1. The molecule has 1 aliphatic heterocycles. The molecule has 2 aliphatic rings. The van der Waals surface area contributed by atoms with Gasteiger partial charge in [-0.25, -0.2) is 9.97 Å². The van der Waals surface area contributed by atoms with Crippen LogP contribution in [0.4, 0.5) is 5.95 Å². The lowest BCUT2D eigenvalue weighted by Gasteiger charge is -2.32. The first-order valence-electron chi connectivity index (χ1n) is 11.0. The summed E-state index contributed by atoms with van der Waals surface area (Å²) >= 11 is 1.73. The van der Waals surface area contributed by atoms with E-state index in [1.54, 1.807) is 11.3 Å². The van der Waals surface area contributed by atoms with Crippen LogP contribution in [0.15, 0.2) is 23.7 Å². The van der Waals surface area contributed by atoms with Gasteiger partial charge < -0.3 is 9.80 Å². The summed E-state index contributed by atoms with van der Waals surface area (Å²) in [7, 11) is 0. The summed E-state index contributed by atoms with van der Waals surface area (Å²) in [6.45, 7) is 8.12. The fourth-order valence-electron chi connectivity index (χ4n) is 4.45. The van der Waals surface area contributed by atoms with Gasteiger partial charge in [-0.2, -0.15) is 0 Å². The summed E-state index contributed by atoms with van der Waals surface area (Å²) < 4.78 is 0. The normalized spacial score (nSPS) is 19.8. The quantitative estimate of drug-likeness (QED) is 0.709. The molecule has 0 bridgehead atoms. The van der Waals surface area contributed by atoms with Crippen molar-refractivity contribution in [3.8, 4) is 0 Å². The maximum atomic E-state index is 13.3. The van der Waals surface area contributed by atoms with Crippen LogP contribution in [-0.4, -0.2) is 40.4 Å². The molecule has 1 fully saturated rings. The Morgan fingerprint density at radius 1 is 1.31 bits per heavy atom. The molecule has 3 heterocycles. The van der Waals surface area contributed by atoms with Gasteiger partial charge in [-0.1, -0.05) is 19.9 Å². The minimum atomic E-state index is 0.0549. The monoisotopic (exact) mass is 412 g/mol. The van der Waals surface area contributed by atoms with E-state index in [4.69, 9.17) is 4.98 Å². The topological polar surface area (TPSA) is 49.3 Å². The maximum absolute atomic E-state index is 13.3. The van der Waals surface area contributed by atoms with Gasteiger partial charge in [0.25, 0.3) is 0 Å². The van der Waals surface area contributed by atoms with Gasteiger partial charge >= 0.3 is 0 Å². The number of nitrogens with zero attached hydrogens (tertiary/aromatic N) is 4. The molecule has 1 saturated heterocycles. The van der Waals surface area contributed by atoms with Crippen LogP contribution in [0.2, 0.25) is 0 Å². The van der Waals surface area contributed by atoms with Gasteiger partial charge in [0.2, 0.25) is 11.9 Å². The standard InChI is InChI=1S/C23H32N4OS/c1-3-10-27(16-20-5-4-13-29-20)22(28)18-6-7-21-19(14-18)15-24-23(25-21)26-11-8-17(2)9-12-26/h4-5,13,15,17-18H,3,6-12,14,16H2,1-2H3. The molecule has 1 aliphatic carbocycles. The van der Waals surface area contributed by atoms with Crippen LogP contribution in [-0.2, 0) is 24.2 Å². The van der Waals surface area contributed by atoms with E-state index in [1.807, 2.05) is 11.1 Å². The van der Waals surface area contributed by atoms with Crippen LogP contribution in [0, 0.1) is 11.8 Å². The van der Waals surface area contributed by atoms with Crippen molar-refractivity contribution in [1.82, 2.24) is 14.9 Å². The van der Waals surface area contributed by atoms with Gasteiger partial charge in [0, 0.05) is 42.3 Å². The Morgan fingerprint density at radius 3 is 2.86 bits per heavy atom. The Hall–Kier alpha value is -1.95. The van der Waals surface area contributed by atoms with E-state index in [0.717, 1.165) is 75.0 Å². The first-order chi connectivity index (χ1) is 14.1. The Morgan fingerprint density at radius 2 is 2.14 bits per heavy atom. The van der Waals surface area contributed by atoms with Crippen molar-refractivity contribution >= 4 is 23.2 Å². The van der Waals surface area contributed by atoms with Gasteiger partial charge in [-0.3, -0.25) is 4.79 Å². The summed E-state index contributed by atoms with van der Waals surface area (Å²) in [5.41, 5.74) is 2.31. The molecule has 1 amide bonds. The van der Waals surface area contributed by atoms with Crippen LogP contribution in [0.3, 0.4) is 0 Å². The molecule has 0 spiro atoms. The average Bonchev–Trinajstić information content (AvgIpc) is 3.26. The molecule has 2 aromatic rings. The van der Waals surface area contributed by atoms with E-state index >= 15 is 0 Å². The zero-order chi connectivity index (χ0) is 20.2. The van der Waals surface area contributed by atoms with Gasteiger partial charge in [0.05, 0.1) is 6.54 Å². The average molecular weight is 413 g/mol. The number of thiophene rings is 1. The predicted molar refractivity (Wildman–Crippen MR) is 118 cm³/mol. The van der Waals surface area contributed by atoms with Crippen molar-refractivity contribution in [2.24, 2.45) is 11.8 Å². The number of hydrogen-bond donors (Lipinski definition) is 0. The van der Waals surface area contributed by atoms with Crippen molar-refractivity contribution in [2.45, 2.75) is 58.9 Å². The van der Waals surface area contributed by atoms with Crippen LogP contribution in [0.5, 0.6) is 0 Å². The summed E-state index contributed by atoms with van der Waals surface area (Å²) in [6, 6.07) is 4.18. The molecule has 1 atom stereocenters. The van der Waals surface area contributed by atoms with Gasteiger partial charge in [-0.05, 0) is 61.5 Å². The fourth-order valence-corrected chi connectivity index (χ4v) is 5.17. The number of amides is 1. The second kappa shape index (κ2) is 9.24. The van der Waals surface area contributed by atoms with Gasteiger partial charge in [0.15, 0.2) is 0 Å². The SMILES string of the molecule is CCCN(Cc1cccs1)C(=O)C1CCc2nc(N3CCC(C)CC3)ncc2C1. The molecule has 4 rings (SSSR count). The number of aromatic nitrogens is 2. The predicted octanol–water partition coefficient (Wildman–Crippen LogP) is 4.32. The lowest BCUT2D eigenvalue weighted by atomic mass is 9.86. The third kappa shape index (κ3) is 4.80. The Balaban J connectivity index is 1.42. The largest absolute Gasteiger partial charge is 0.341 e. The summed E-state index contributed by atoms with van der Waals surface area (Å²) in [5, 5.41) is 2.08. The highest BCUT2D eigenvalue weighted by Gasteiger charge is 2.30. The van der Waals surface area contributed by atoms with Crippen LogP contribution in [0.1, 0.15) is 55.7 Å². The van der Waals surface area contributed by atoms with Crippen molar-refractivity contribution < 1.29 is 4.79 Å². The smallest absolute Gasteiger partial charge is 0.226 e. The molecule has 2 aromatic heterocycles. The van der Waals surface area contributed by atoms with Crippen LogP contribution in [0.25, 0.3) is 0 Å². The number of anilines is 1. The van der Waals surface area contributed by atoms with E-state index in [1.165, 1.54) is 17.7 Å². The van der Waals surface area contributed by atoms with Gasteiger partial charge in [-0.15, -0.1) is 11.3 Å². The van der Waals surface area contributed by atoms with E-state index in [-0.39, 0.29) is 5.92 Å². The van der Waals surface area contributed by atoms with Crippen molar-refractivity contribution in [1.29, 1.82) is 0 Å². The van der Waals surface area contributed by atoms with Crippen molar-refractivity contribution in [2.75, 3.05) is 24.5 Å². The molecule has 1 unspecified atom stereocenters. The lowest BCUT2D eigenvalue weighted by molar-refractivity contribution is -0.136. The molecule has 0 radical (unpaired) electrons.